The number of carbonyl (C=O) groups is 2. The maximum atomic E-state index is 12.3. The number of nitrogens with one attached hydrogen (secondary N) is 2. The van der Waals surface area contributed by atoms with Crippen LogP contribution < -0.4 is 15.4 Å². The number of benzene rings is 2. The molecule has 0 saturated carbocycles. The standard InChI is InChI=1S/C20H24N2O3/c1-13(2)19(21-15(4)23)20(24)22-16-7-11-18(12-8-16)25-17-9-5-14(3)6-10-17/h5-13,19H,1-4H3,(H,21,23)(H,22,24)/t19-/m1/s1. The zero-order chi connectivity index (χ0) is 18.4. The third-order valence-electron chi connectivity index (χ3n) is 3.69. The first-order chi connectivity index (χ1) is 11.8. The van der Waals surface area contributed by atoms with Crippen molar-refractivity contribution in [2.45, 2.75) is 33.7 Å². The molecule has 0 aliphatic heterocycles. The van der Waals surface area contributed by atoms with Gasteiger partial charge in [0.25, 0.3) is 0 Å². The Kier molecular flexibility index (Phi) is 6.17. The zero-order valence-corrected chi connectivity index (χ0v) is 15.0. The molecule has 2 rings (SSSR count). The lowest BCUT2D eigenvalue weighted by Crippen LogP contribution is -2.46. The van der Waals surface area contributed by atoms with E-state index in [1.807, 2.05) is 45.0 Å². The molecule has 0 radical (unpaired) electrons. The molecule has 0 spiro atoms. The summed E-state index contributed by atoms with van der Waals surface area (Å²) >= 11 is 0. The highest BCUT2D eigenvalue weighted by Gasteiger charge is 2.22. The van der Waals surface area contributed by atoms with Crippen LogP contribution in [0.3, 0.4) is 0 Å². The normalized spacial score (nSPS) is 11.7. The van der Waals surface area contributed by atoms with E-state index in [4.69, 9.17) is 4.74 Å². The molecule has 2 aromatic carbocycles. The van der Waals surface area contributed by atoms with Crippen molar-refractivity contribution in [2.75, 3.05) is 5.32 Å². The van der Waals surface area contributed by atoms with E-state index in [0.29, 0.717) is 11.4 Å². The Morgan fingerprint density at radius 1 is 0.920 bits per heavy atom. The van der Waals surface area contributed by atoms with E-state index in [0.717, 1.165) is 5.75 Å². The Morgan fingerprint density at radius 3 is 1.92 bits per heavy atom. The summed E-state index contributed by atoms with van der Waals surface area (Å²) in [7, 11) is 0. The molecule has 0 bridgehead atoms. The minimum Gasteiger partial charge on any atom is -0.457 e. The lowest BCUT2D eigenvalue weighted by atomic mass is 10.0. The summed E-state index contributed by atoms with van der Waals surface area (Å²) in [5.74, 6) is 0.971. The molecular formula is C20H24N2O3. The van der Waals surface area contributed by atoms with E-state index in [1.54, 1.807) is 24.3 Å². The number of ether oxygens (including phenoxy) is 1. The van der Waals surface area contributed by atoms with Gasteiger partial charge in [-0.25, -0.2) is 0 Å². The van der Waals surface area contributed by atoms with Crippen LogP contribution >= 0.6 is 0 Å². The number of rotatable bonds is 6. The van der Waals surface area contributed by atoms with Crippen LogP contribution in [0.5, 0.6) is 11.5 Å². The van der Waals surface area contributed by atoms with E-state index in [9.17, 15) is 9.59 Å². The van der Waals surface area contributed by atoms with E-state index in [-0.39, 0.29) is 17.7 Å². The van der Waals surface area contributed by atoms with Gasteiger partial charge in [0, 0.05) is 12.6 Å². The second kappa shape index (κ2) is 8.33. The predicted molar refractivity (Wildman–Crippen MR) is 98.8 cm³/mol. The molecule has 0 aliphatic rings. The molecular weight excluding hydrogens is 316 g/mol. The lowest BCUT2D eigenvalue weighted by molar-refractivity contribution is -0.126. The summed E-state index contributed by atoms with van der Waals surface area (Å²) in [6.45, 7) is 7.20. The van der Waals surface area contributed by atoms with Crippen molar-refractivity contribution in [2.24, 2.45) is 5.92 Å². The van der Waals surface area contributed by atoms with Crippen molar-refractivity contribution < 1.29 is 14.3 Å². The van der Waals surface area contributed by atoms with Gasteiger partial charge in [-0.15, -0.1) is 0 Å². The van der Waals surface area contributed by atoms with E-state index in [2.05, 4.69) is 10.6 Å². The molecule has 0 fully saturated rings. The van der Waals surface area contributed by atoms with Crippen LogP contribution in [-0.4, -0.2) is 17.9 Å². The fourth-order valence-electron chi connectivity index (χ4n) is 2.32. The third kappa shape index (κ3) is 5.64. The minimum absolute atomic E-state index is 0.00644. The maximum absolute atomic E-state index is 12.3. The molecule has 5 nitrogen and oxygen atoms in total. The predicted octanol–water partition coefficient (Wildman–Crippen LogP) is 3.89. The lowest BCUT2D eigenvalue weighted by Gasteiger charge is -2.21. The van der Waals surface area contributed by atoms with Crippen molar-refractivity contribution in [1.29, 1.82) is 0 Å². The Labute approximate surface area is 148 Å². The van der Waals surface area contributed by atoms with Crippen LogP contribution in [0.15, 0.2) is 48.5 Å². The average molecular weight is 340 g/mol. The van der Waals surface area contributed by atoms with E-state index < -0.39 is 6.04 Å². The first-order valence-corrected chi connectivity index (χ1v) is 8.27. The van der Waals surface area contributed by atoms with Crippen LogP contribution in [0.2, 0.25) is 0 Å². The molecule has 2 amide bonds. The molecule has 0 saturated heterocycles. The van der Waals surface area contributed by atoms with Gasteiger partial charge in [-0.1, -0.05) is 31.5 Å². The van der Waals surface area contributed by atoms with Gasteiger partial charge < -0.3 is 15.4 Å². The number of carbonyl (C=O) groups excluding carboxylic acids is 2. The first-order valence-electron chi connectivity index (χ1n) is 8.27. The van der Waals surface area contributed by atoms with Gasteiger partial charge in [0.1, 0.15) is 17.5 Å². The fraction of sp³-hybridized carbons (Fsp3) is 0.300. The number of anilines is 1. The SMILES string of the molecule is CC(=O)N[C@@H](C(=O)Nc1ccc(Oc2ccc(C)cc2)cc1)C(C)C. The van der Waals surface area contributed by atoms with Gasteiger partial charge in [-0.05, 0) is 49.2 Å². The fourth-order valence-corrected chi connectivity index (χ4v) is 2.32. The Balaban J connectivity index is 2.00. The zero-order valence-electron chi connectivity index (χ0n) is 15.0. The molecule has 0 unspecified atom stereocenters. The van der Waals surface area contributed by atoms with E-state index in [1.165, 1.54) is 12.5 Å². The Bertz CT molecular complexity index is 722. The van der Waals surface area contributed by atoms with Crippen molar-refractivity contribution in [3.63, 3.8) is 0 Å². The average Bonchev–Trinajstić information content (AvgIpc) is 2.56. The van der Waals surface area contributed by atoms with Gasteiger partial charge in [0.2, 0.25) is 11.8 Å². The van der Waals surface area contributed by atoms with Gasteiger partial charge in [-0.3, -0.25) is 9.59 Å². The number of aryl methyl sites for hydroxylation is 1. The molecule has 0 aromatic heterocycles. The topological polar surface area (TPSA) is 67.4 Å². The van der Waals surface area contributed by atoms with Crippen LogP contribution in [0.1, 0.15) is 26.3 Å². The molecule has 25 heavy (non-hydrogen) atoms. The van der Waals surface area contributed by atoms with Crippen molar-refractivity contribution in [3.8, 4) is 11.5 Å². The second-order valence-corrected chi connectivity index (χ2v) is 6.35. The van der Waals surface area contributed by atoms with Crippen molar-refractivity contribution in [1.82, 2.24) is 5.32 Å². The summed E-state index contributed by atoms with van der Waals surface area (Å²) in [6, 6.07) is 14.3. The molecule has 1 atom stereocenters. The molecule has 0 aliphatic carbocycles. The van der Waals surface area contributed by atoms with Crippen molar-refractivity contribution >= 4 is 17.5 Å². The van der Waals surface area contributed by atoms with Crippen LogP contribution in [0, 0.1) is 12.8 Å². The van der Waals surface area contributed by atoms with Crippen LogP contribution in [0.4, 0.5) is 5.69 Å². The summed E-state index contributed by atoms with van der Waals surface area (Å²) in [5.41, 5.74) is 1.82. The largest absolute Gasteiger partial charge is 0.457 e. The molecule has 5 heteroatoms. The summed E-state index contributed by atoms with van der Waals surface area (Å²) in [4.78, 5) is 23.6. The smallest absolute Gasteiger partial charge is 0.247 e. The molecule has 132 valence electrons. The van der Waals surface area contributed by atoms with Crippen LogP contribution in [0.25, 0.3) is 0 Å². The van der Waals surface area contributed by atoms with Crippen molar-refractivity contribution in [3.05, 3.63) is 54.1 Å². The highest BCUT2D eigenvalue weighted by molar-refractivity contribution is 5.97. The minimum atomic E-state index is -0.569. The molecule has 0 heterocycles. The van der Waals surface area contributed by atoms with Gasteiger partial charge in [0.05, 0.1) is 0 Å². The van der Waals surface area contributed by atoms with Gasteiger partial charge in [0.15, 0.2) is 0 Å². The highest BCUT2D eigenvalue weighted by Crippen LogP contribution is 2.23. The number of amides is 2. The summed E-state index contributed by atoms with van der Waals surface area (Å²) in [5, 5.41) is 5.49. The molecule has 2 aromatic rings. The highest BCUT2D eigenvalue weighted by atomic mass is 16.5. The Morgan fingerprint density at radius 2 is 1.44 bits per heavy atom. The second-order valence-electron chi connectivity index (χ2n) is 6.35. The Hall–Kier alpha value is -2.82. The van der Waals surface area contributed by atoms with Gasteiger partial charge >= 0.3 is 0 Å². The van der Waals surface area contributed by atoms with Gasteiger partial charge in [-0.2, -0.15) is 0 Å². The van der Waals surface area contributed by atoms with Crippen LogP contribution in [-0.2, 0) is 9.59 Å². The first kappa shape index (κ1) is 18.5. The summed E-state index contributed by atoms with van der Waals surface area (Å²) < 4.78 is 5.76. The summed E-state index contributed by atoms with van der Waals surface area (Å²) in [6.07, 6.45) is 0. The third-order valence-corrected chi connectivity index (χ3v) is 3.69. The number of hydrogen-bond acceptors (Lipinski definition) is 3. The monoisotopic (exact) mass is 340 g/mol. The number of hydrogen-bond donors (Lipinski definition) is 2. The maximum Gasteiger partial charge on any atom is 0.247 e. The molecule has 2 N–H and O–H groups in total. The van der Waals surface area contributed by atoms with E-state index >= 15 is 0 Å². The quantitative estimate of drug-likeness (QED) is 0.838.